The van der Waals surface area contributed by atoms with Crippen molar-refractivity contribution in [1.82, 2.24) is 14.9 Å². The smallest absolute Gasteiger partial charge is 0.194 e. The molecule has 1 aliphatic carbocycles. The number of ether oxygens (including phenoxy) is 1. The largest absolute Gasteiger partial charge is 0.497 e. The molecule has 7 heteroatoms. The third kappa shape index (κ3) is 3.36. The molecule has 0 fully saturated rings. The number of nitrogens with one attached hydrogen (secondary N) is 1. The summed E-state index contributed by atoms with van der Waals surface area (Å²) in [6, 6.07) is 14.6. The normalized spacial score (nSPS) is 17.4. The lowest BCUT2D eigenvalue weighted by Crippen LogP contribution is -2.37. The fraction of sp³-hybridized carbons (Fsp3) is 0.182. The van der Waals surface area contributed by atoms with Gasteiger partial charge in [-0.25, -0.2) is 9.98 Å². The van der Waals surface area contributed by atoms with E-state index in [4.69, 9.17) is 15.5 Å². The molecule has 0 bridgehead atoms. The number of methoxy groups -OCH3 is 1. The third-order valence-electron chi connectivity index (χ3n) is 5.43. The Kier molecular flexibility index (Phi) is 5.03. The maximum absolute atomic E-state index is 6.17. The quantitative estimate of drug-likeness (QED) is 0.695. The Hall–Kier alpha value is -3.25. The molecule has 0 saturated heterocycles. The van der Waals surface area contributed by atoms with E-state index in [2.05, 4.69) is 46.7 Å². The van der Waals surface area contributed by atoms with Gasteiger partial charge in [-0.3, -0.25) is 0 Å². The fourth-order valence-electron chi connectivity index (χ4n) is 4.02. The maximum atomic E-state index is 6.17. The lowest BCUT2D eigenvalue weighted by molar-refractivity contribution is 0.414. The van der Waals surface area contributed by atoms with Crippen LogP contribution in [0, 0.1) is 0 Å². The Morgan fingerprint density at radius 1 is 1.14 bits per heavy atom. The van der Waals surface area contributed by atoms with E-state index >= 15 is 0 Å². The van der Waals surface area contributed by atoms with Crippen LogP contribution in [0.1, 0.15) is 29.2 Å². The molecular weight excluding hydrogens is 386 g/mol. The third-order valence-corrected chi connectivity index (χ3v) is 5.43. The van der Waals surface area contributed by atoms with Crippen molar-refractivity contribution in [3.63, 3.8) is 0 Å². The Bertz CT molecular complexity index is 1090. The number of nitrogens with zero attached hydrogens (tertiary/aromatic N) is 3. The van der Waals surface area contributed by atoms with E-state index < -0.39 is 0 Å². The molecular formula is C22H22ClN5O. The van der Waals surface area contributed by atoms with Gasteiger partial charge >= 0.3 is 0 Å². The standard InChI is InChI=1S/C22H21N5O.ClH/c1-28-17-8-4-14-5-9-18-20(25-22(23)26-21(18)19(14)12-17)15-2-6-16(7-3-15)27-11-10-24-13-27;/h2-4,6-8,10-13,20H,5,9H2,1H3,(H3,23,25,26);1H. The first-order valence-corrected chi connectivity index (χ1v) is 9.32. The average Bonchev–Trinajstić information content (AvgIpc) is 3.28. The molecule has 1 unspecified atom stereocenters. The molecule has 1 aromatic heterocycles. The monoisotopic (exact) mass is 407 g/mol. The summed E-state index contributed by atoms with van der Waals surface area (Å²) in [6.45, 7) is 0. The predicted octanol–water partition coefficient (Wildman–Crippen LogP) is 3.62. The van der Waals surface area contributed by atoms with E-state index in [1.807, 2.05) is 16.8 Å². The van der Waals surface area contributed by atoms with Gasteiger partial charge in [0.15, 0.2) is 5.96 Å². The van der Waals surface area contributed by atoms with E-state index in [-0.39, 0.29) is 18.4 Å². The number of benzene rings is 2. The Balaban J connectivity index is 0.00000205. The van der Waals surface area contributed by atoms with E-state index in [1.54, 1.807) is 19.6 Å². The molecule has 0 saturated carbocycles. The van der Waals surface area contributed by atoms with Gasteiger partial charge in [-0.15, -0.1) is 12.4 Å². The van der Waals surface area contributed by atoms with Gasteiger partial charge in [-0.05, 0) is 53.8 Å². The highest BCUT2D eigenvalue weighted by Crippen LogP contribution is 2.41. The topological polar surface area (TPSA) is 77.5 Å². The fourth-order valence-corrected chi connectivity index (χ4v) is 4.02. The molecule has 6 nitrogen and oxygen atoms in total. The number of hydrogen-bond donors (Lipinski definition) is 2. The number of aryl methyl sites for hydroxylation is 1. The summed E-state index contributed by atoms with van der Waals surface area (Å²) in [5, 5.41) is 3.30. The van der Waals surface area contributed by atoms with E-state index in [0.29, 0.717) is 5.96 Å². The number of aliphatic imine (C=N–C) groups is 1. The zero-order valence-electron chi connectivity index (χ0n) is 16.0. The molecule has 29 heavy (non-hydrogen) atoms. The second-order valence-electron chi connectivity index (χ2n) is 7.03. The van der Waals surface area contributed by atoms with Crippen molar-refractivity contribution in [2.45, 2.75) is 18.9 Å². The molecule has 3 N–H and O–H groups in total. The first-order chi connectivity index (χ1) is 13.7. The van der Waals surface area contributed by atoms with Crippen LogP contribution >= 0.6 is 12.4 Å². The molecule has 1 aliphatic heterocycles. The number of guanidine groups is 1. The van der Waals surface area contributed by atoms with Gasteiger partial charge < -0.3 is 20.4 Å². The van der Waals surface area contributed by atoms with Crippen LogP contribution < -0.4 is 15.8 Å². The molecule has 148 valence electrons. The first kappa shape index (κ1) is 19.1. The number of aromatic nitrogens is 2. The molecule has 0 amide bonds. The number of nitrogens with two attached hydrogens (primary N) is 1. The molecule has 1 atom stereocenters. The van der Waals surface area contributed by atoms with Crippen molar-refractivity contribution in [2.24, 2.45) is 10.7 Å². The van der Waals surface area contributed by atoms with Gasteiger partial charge in [-0.1, -0.05) is 18.2 Å². The Labute approximate surface area is 175 Å². The molecule has 2 aromatic carbocycles. The molecule has 2 heterocycles. The van der Waals surface area contributed by atoms with Crippen LogP contribution in [0.5, 0.6) is 5.75 Å². The molecule has 0 spiro atoms. The van der Waals surface area contributed by atoms with Crippen LogP contribution in [0.4, 0.5) is 0 Å². The van der Waals surface area contributed by atoms with Gasteiger partial charge in [0.2, 0.25) is 0 Å². The van der Waals surface area contributed by atoms with Gasteiger partial charge in [0.05, 0.1) is 19.1 Å². The van der Waals surface area contributed by atoms with Gasteiger partial charge in [0.25, 0.3) is 0 Å². The maximum Gasteiger partial charge on any atom is 0.194 e. The second-order valence-corrected chi connectivity index (χ2v) is 7.03. The molecule has 2 aliphatic rings. The minimum Gasteiger partial charge on any atom is -0.497 e. The summed E-state index contributed by atoms with van der Waals surface area (Å²) in [5.41, 5.74) is 13.2. The number of rotatable bonds is 3. The van der Waals surface area contributed by atoms with Crippen LogP contribution in [0.2, 0.25) is 0 Å². The minimum atomic E-state index is -0.0764. The van der Waals surface area contributed by atoms with E-state index in [0.717, 1.165) is 41.1 Å². The summed E-state index contributed by atoms with van der Waals surface area (Å²) in [4.78, 5) is 8.83. The number of hydrogen-bond acceptors (Lipinski definition) is 5. The lowest BCUT2D eigenvalue weighted by Gasteiger charge is -2.32. The van der Waals surface area contributed by atoms with Crippen molar-refractivity contribution >= 4 is 24.1 Å². The number of halogens is 1. The van der Waals surface area contributed by atoms with Crippen molar-refractivity contribution in [2.75, 3.05) is 7.11 Å². The highest BCUT2D eigenvalue weighted by molar-refractivity contribution is 5.93. The van der Waals surface area contributed by atoms with Crippen LogP contribution in [0.3, 0.4) is 0 Å². The van der Waals surface area contributed by atoms with Crippen LogP contribution in [0.25, 0.3) is 11.4 Å². The van der Waals surface area contributed by atoms with Crippen molar-refractivity contribution in [3.8, 4) is 11.4 Å². The number of imidazole rings is 1. The SMILES string of the molecule is COc1ccc2c(c1)C1=C(CC2)C(c2ccc(-n3ccnc3)cc2)N=C(N)N1.Cl. The summed E-state index contributed by atoms with van der Waals surface area (Å²) >= 11 is 0. The zero-order chi connectivity index (χ0) is 19.1. The van der Waals surface area contributed by atoms with Crippen molar-refractivity contribution in [3.05, 3.63) is 83.4 Å². The zero-order valence-corrected chi connectivity index (χ0v) is 16.8. The summed E-state index contributed by atoms with van der Waals surface area (Å²) < 4.78 is 7.41. The molecule has 5 rings (SSSR count). The van der Waals surface area contributed by atoms with Gasteiger partial charge in [-0.2, -0.15) is 0 Å². The minimum absolute atomic E-state index is 0. The molecule has 3 aromatic rings. The number of fused-ring (bicyclic) bond motifs is 2. The summed E-state index contributed by atoms with van der Waals surface area (Å²) in [7, 11) is 1.69. The second kappa shape index (κ2) is 7.64. The van der Waals surface area contributed by atoms with Crippen LogP contribution in [0.15, 0.2) is 71.8 Å². The Morgan fingerprint density at radius 3 is 2.69 bits per heavy atom. The van der Waals surface area contributed by atoms with Gasteiger partial charge in [0, 0.05) is 23.6 Å². The van der Waals surface area contributed by atoms with E-state index in [1.165, 1.54) is 11.1 Å². The van der Waals surface area contributed by atoms with Crippen LogP contribution in [-0.4, -0.2) is 22.6 Å². The van der Waals surface area contributed by atoms with Crippen molar-refractivity contribution in [1.29, 1.82) is 0 Å². The summed E-state index contributed by atoms with van der Waals surface area (Å²) in [5.74, 6) is 1.29. The van der Waals surface area contributed by atoms with Crippen LogP contribution in [-0.2, 0) is 6.42 Å². The highest BCUT2D eigenvalue weighted by atomic mass is 35.5. The predicted molar refractivity (Wildman–Crippen MR) is 117 cm³/mol. The summed E-state index contributed by atoms with van der Waals surface area (Å²) in [6.07, 6.45) is 7.44. The van der Waals surface area contributed by atoms with Gasteiger partial charge in [0.1, 0.15) is 11.8 Å². The average molecular weight is 408 g/mol. The Morgan fingerprint density at radius 2 is 1.97 bits per heavy atom. The van der Waals surface area contributed by atoms with Crippen molar-refractivity contribution < 1.29 is 4.74 Å². The molecule has 0 radical (unpaired) electrons. The first-order valence-electron chi connectivity index (χ1n) is 9.32. The van der Waals surface area contributed by atoms with E-state index in [9.17, 15) is 0 Å². The lowest BCUT2D eigenvalue weighted by atomic mass is 9.83. The highest BCUT2D eigenvalue weighted by Gasteiger charge is 2.29.